The zero-order chi connectivity index (χ0) is 25.9. The second-order valence-corrected chi connectivity index (χ2v) is 9.92. The molecule has 0 aliphatic carbocycles. The highest BCUT2D eigenvalue weighted by atomic mass is 14.8. The van der Waals surface area contributed by atoms with Gasteiger partial charge in [0.05, 0.1) is 34.2 Å². The van der Waals surface area contributed by atoms with Crippen molar-refractivity contribution < 1.29 is 0 Å². The molecule has 0 aliphatic heterocycles. The van der Waals surface area contributed by atoms with Gasteiger partial charge in [0, 0.05) is 0 Å². The quantitative estimate of drug-likeness (QED) is 0.187. The summed E-state index contributed by atoms with van der Waals surface area (Å²) in [6.45, 7) is 13.1. The molecule has 3 rings (SSSR count). The van der Waals surface area contributed by atoms with Crippen molar-refractivity contribution in [1.29, 1.82) is 0 Å². The summed E-state index contributed by atoms with van der Waals surface area (Å²) >= 11 is 0. The molecule has 0 saturated carbocycles. The molecular formula is C33H43N3. The molecule has 0 amide bonds. The molecule has 3 nitrogen and oxygen atoms in total. The summed E-state index contributed by atoms with van der Waals surface area (Å²) in [5.41, 5.74) is 11.0. The number of benzene rings is 2. The first-order valence-corrected chi connectivity index (χ1v) is 13.7. The summed E-state index contributed by atoms with van der Waals surface area (Å²) in [5, 5.41) is 0. The Morgan fingerprint density at radius 1 is 0.556 bits per heavy atom. The van der Waals surface area contributed by atoms with Crippen molar-refractivity contribution in [2.75, 3.05) is 0 Å². The van der Waals surface area contributed by atoms with E-state index in [4.69, 9.17) is 15.0 Å². The Labute approximate surface area is 218 Å². The van der Waals surface area contributed by atoms with Crippen LogP contribution in [0.4, 0.5) is 11.4 Å². The van der Waals surface area contributed by atoms with E-state index in [0.29, 0.717) is 0 Å². The maximum Gasteiger partial charge on any atom is 0.0852 e. The van der Waals surface area contributed by atoms with E-state index in [1.165, 1.54) is 47.9 Å². The van der Waals surface area contributed by atoms with Crippen LogP contribution in [-0.4, -0.2) is 16.4 Å². The van der Waals surface area contributed by atoms with Crippen LogP contribution in [0.1, 0.15) is 98.9 Å². The van der Waals surface area contributed by atoms with Gasteiger partial charge in [0.15, 0.2) is 0 Å². The van der Waals surface area contributed by atoms with E-state index in [9.17, 15) is 0 Å². The van der Waals surface area contributed by atoms with Crippen LogP contribution in [0.5, 0.6) is 0 Å². The van der Waals surface area contributed by atoms with Crippen LogP contribution in [0.15, 0.2) is 64.6 Å². The van der Waals surface area contributed by atoms with E-state index in [2.05, 4.69) is 96.1 Å². The van der Waals surface area contributed by atoms with E-state index in [1.54, 1.807) is 0 Å². The molecule has 0 saturated heterocycles. The van der Waals surface area contributed by atoms with Crippen LogP contribution in [0.3, 0.4) is 0 Å². The van der Waals surface area contributed by atoms with Gasteiger partial charge in [-0.25, -0.2) is 4.98 Å². The molecule has 2 aromatic carbocycles. The molecule has 1 aromatic heterocycles. The van der Waals surface area contributed by atoms with Gasteiger partial charge in [0.1, 0.15) is 0 Å². The second-order valence-electron chi connectivity index (χ2n) is 9.92. The van der Waals surface area contributed by atoms with E-state index in [1.807, 2.05) is 0 Å². The maximum absolute atomic E-state index is 5.20. The molecule has 0 spiro atoms. The van der Waals surface area contributed by atoms with Crippen molar-refractivity contribution in [2.24, 2.45) is 9.98 Å². The monoisotopic (exact) mass is 481 g/mol. The average molecular weight is 482 g/mol. The first kappa shape index (κ1) is 27.5. The highest BCUT2D eigenvalue weighted by molar-refractivity contribution is 6.04. The van der Waals surface area contributed by atoms with Gasteiger partial charge >= 0.3 is 0 Å². The van der Waals surface area contributed by atoms with Crippen molar-refractivity contribution >= 4 is 22.8 Å². The van der Waals surface area contributed by atoms with Crippen LogP contribution in [-0.2, 0) is 0 Å². The first-order chi connectivity index (χ1) is 17.4. The minimum absolute atomic E-state index is 0.928. The Morgan fingerprint density at radius 3 is 1.28 bits per heavy atom. The Morgan fingerprint density at radius 2 is 0.917 bits per heavy atom. The number of rotatable bonds is 12. The zero-order valence-electron chi connectivity index (χ0n) is 23.2. The highest BCUT2D eigenvalue weighted by Crippen LogP contribution is 2.27. The largest absolute Gasteiger partial charge is 0.251 e. The average Bonchev–Trinajstić information content (AvgIpc) is 2.86. The van der Waals surface area contributed by atoms with Gasteiger partial charge in [0.2, 0.25) is 0 Å². The molecule has 0 radical (unpaired) electrons. The van der Waals surface area contributed by atoms with Crippen molar-refractivity contribution in [3.8, 4) is 0 Å². The number of para-hydroxylation sites is 2. The van der Waals surface area contributed by atoms with Crippen molar-refractivity contribution in [1.82, 2.24) is 4.98 Å². The van der Waals surface area contributed by atoms with Gasteiger partial charge in [-0.15, -0.1) is 0 Å². The number of pyridine rings is 1. The Bertz CT molecular complexity index is 1070. The van der Waals surface area contributed by atoms with Gasteiger partial charge < -0.3 is 0 Å². The molecule has 0 N–H and O–H groups in total. The maximum atomic E-state index is 5.20. The normalized spacial score (nSPS) is 12.3. The third kappa shape index (κ3) is 7.46. The van der Waals surface area contributed by atoms with Crippen LogP contribution in [0.25, 0.3) is 0 Å². The number of aromatic nitrogens is 1. The lowest BCUT2D eigenvalue weighted by Gasteiger charge is -2.13. The van der Waals surface area contributed by atoms with Gasteiger partial charge in [-0.05, 0) is 87.8 Å². The molecule has 0 bridgehead atoms. The first-order valence-electron chi connectivity index (χ1n) is 13.7. The van der Waals surface area contributed by atoms with Crippen LogP contribution < -0.4 is 0 Å². The number of aliphatic imine (C=N–C) groups is 2. The predicted molar refractivity (Wildman–Crippen MR) is 157 cm³/mol. The van der Waals surface area contributed by atoms with E-state index in [-0.39, 0.29) is 0 Å². The van der Waals surface area contributed by atoms with Gasteiger partial charge in [0.25, 0.3) is 0 Å². The Balaban J connectivity index is 2.08. The molecular weight excluding hydrogens is 438 g/mol. The van der Waals surface area contributed by atoms with Crippen LogP contribution in [0, 0.1) is 27.7 Å². The van der Waals surface area contributed by atoms with Gasteiger partial charge in [-0.2, -0.15) is 0 Å². The molecule has 0 fully saturated rings. The van der Waals surface area contributed by atoms with E-state index < -0.39 is 0 Å². The summed E-state index contributed by atoms with van der Waals surface area (Å²) < 4.78 is 0. The standard InChI is InChI=1S/C33H43N3/c1-7-9-11-20-30(35-32-24(3)16-13-17-25(32)4)28-22-15-23-29(34-28)31(21-12-10-8-2)36-33-26(5)18-14-19-27(33)6/h13-19,22-23H,7-12,20-21H2,1-6H3. The summed E-state index contributed by atoms with van der Waals surface area (Å²) in [6.07, 6.45) is 8.86. The lowest BCUT2D eigenvalue weighted by molar-refractivity contribution is 0.740. The predicted octanol–water partition coefficient (Wildman–Crippen LogP) is 9.72. The lowest BCUT2D eigenvalue weighted by Crippen LogP contribution is -2.10. The summed E-state index contributed by atoms with van der Waals surface area (Å²) in [5.74, 6) is 0. The summed E-state index contributed by atoms with van der Waals surface area (Å²) in [7, 11) is 0. The minimum atomic E-state index is 0.928. The summed E-state index contributed by atoms with van der Waals surface area (Å²) in [6, 6.07) is 19.1. The number of unbranched alkanes of at least 4 members (excludes halogenated alkanes) is 4. The molecule has 0 aliphatic rings. The number of hydrogen-bond donors (Lipinski definition) is 0. The third-order valence-electron chi connectivity index (χ3n) is 6.75. The number of aryl methyl sites for hydroxylation is 4. The zero-order valence-corrected chi connectivity index (χ0v) is 23.2. The fourth-order valence-electron chi connectivity index (χ4n) is 4.56. The van der Waals surface area contributed by atoms with Gasteiger partial charge in [-0.3, -0.25) is 9.98 Å². The van der Waals surface area contributed by atoms with Crippen molar-refractivity contribution in [3.05, 3.63) is 88.2 Å². The molecule has 3 heteroatoms. The fraction of sp³-hybridized carbons (Fsp3) is 0.424. The SMILES string of the molecule is CCCCCC(=Nc1c(C)cccc1C)c1cccc(C(CCCCC)=Nc2c(C)cccc2C)n1. The van der Waals surface area contributed by atoms with Gasteiger partial charge in [-0.1, -0.05) is 82.0 Å². The minimum Gasteiger partial charge on any atom is -0.251 e. The number of nitrogens with zero attached hydrogens (tertiary/aromatic N) is 3. The molecule has 0 unspecified atom stereocenters. The molecule has 1 heterocycles. The fourth-order valence-corrected chi connectivity index (χ4v) is 4.56. The smallest absolute Gasteiger partial charge is 0.0852 e. The van der Waals surface area contributed by atoms with Crippen LogP contribution >= 0.6 is 0 Å². The highest BCUT2D eigenvalue weighted by Gasteiger charge is 2.13. The van der Waals surface area contributed by atoms with Crippen LogP contribution in [0.2, 0.25) is 0 Å². The van der Waals surface area contributed by atoms with E-state index >= 15 is 0 Å². The van der Waals surface area contributed by atoms with Crippen molar-refractivity contribution in [3.63, 3.8) is 0 Å². The molecule has 3 aromatic rings. The lowest BCUT2D eigenvalue weighted by atomic mass is 10.0. The van der Waals surface area contributed by atoms with Crippen molar-refractivity contribution in [2.45, 2.75) is 92.9 Å². The topological polar surface area (TPSA) is 37.6 Å². The molecule has 190 valence electrons. The Kier molecular flexibility index (Phi) is 10.6. The van der Waals surface area contributed by atoms with E-state index in [0.717, 1.165) is 59.9 Å². The second kappa shape index (κ2) is 13.9. The molecule has 0 atom stereocenters. The molecule has 36 heavy (non-hydrogen) atoms. The third-order valence-corrected chi connectivity index (χ3v) is 6.75. The Hall–Kier alpha value is -3.07. The summed E-state index contributed by atoms with van der Waals surface area (Å²) in [4.78, 5) is 15.6. The number of hydrogen-bond acceptors (Lipinski definition) is 3.